The molecule has 0 spiro atoms. The van der Waals surface area contributed by atoms with Gasteiger partial charge in [-0.05, 0) is 40.0 Å². The monoisotopic (exact) mass is 229 g/mol. The second-order valence-electron chi connectivity index (χ2n) is 5.41. The van der Waals surface area contributed by atoms with Crippen LogP contribution in [0.4, 0.5) is 4.79 Å². The molecule has 0 saturated carbocycles. The van der Waals surface area contributed by atoms with Gasteiger partial charge in [0.15, 0.2) is 0 Å². The maximum absolute atomic E-state index is 11.9. The first-order valence-electron chi connectivity index (χ1n) is 6.01. The molecule has 2 atom stereocenters. The van der Waals surface area contributed by atoms with Crippen molar-refractivity contribution in [1.29, 1.82) is 0 Å². The Morgan fingerprint density at radius 1 is 1.50 bits per heavy atom. The molecule has 1 aliphatic heterocycles. The summed E-state index contributed by atoms with van der Waals surface area (Å²) >= 11 is 0. The van der Waals surface area contributed by atoms with E-state index in [1.165, 1.54) is 0 Å². The van der Waals surface area contributed by atoms with E-state index in [4.69, 9.17) is 4.74 Å². The SMILES string of the molecule is CCC1CC(O)CCN1C(=O)OC(C)(C)C. The van der Waals surface area contributed by atoms with Gasteiger partial charge in [-0.25, -0.2) is 4.79 Å². The van der Waals surface area contributed by atoms with Gasteiger partial charge in [0.1, 0.15) is 5.60 Å². The zero-order valence-corrected chi connectivity index (χ0v) is 10.7. The van der Waals surface area contributed by atoms with E-state index >= 15 is 0 Å². The smallest absolute Gasteiger partial charge is 0.410 e. The number of amides is 1. The van der Waals surface area contributed by atoms with E-state index in [9.17, 15) is 9.90 Å². The zero-order valence-electron chi connectivity index (χ0n) is 10.7. The fourth-order valence-corrected chi connectivity index (χ4v) is 1.98. The topological polar surface area (TPSA) is 49.8 Å². The Hall–Kier alpha value is -0.770. The number of carbonyl (C=O) groups excluding carboxylic acids is 1. The van der Waals surface area contributed by atoms with Gasteiger partial charge < -0.3 is 14.7 Å². The van der Waals surface area contributed by atoms with E-state index < -0.39 is 5.60 Å². The van der Waals surface area contributed by atoms with Gasteiger partial charge in [-0.2, -0.15) is 0 Å². The minimum atomic E-state index is -0.453. The van der Waals surface area contributed by atoms with Gasteiger partial charge in [0.25, 0.3) is 0 Å². The summed E-state index contributed by atoms with van der Waals surface area (Å²) in [7, 11) is 0. The van der Waals surface area contributed by atoms with Gasteiger partial charge in [0.2, 0.25) is 0 Å². The fourth-order valence-electron chi connectivity index (χ4n) is 1.98. The highest BCUT2D eigenvalue weighted by atomic mass is 16.6. The van der Waals surface area contributed by atoms with Crippen LogP contribution in [0.15, 0.2) is 0 Å². The number of ether oxygens (including phenoxy) is 1. The highest BCUT2D eigenvalue weighted by Crippen LogP contribution is 2.22. The van der Waals surface area contributed by atoms with Gasteiger partial charge in [0, 0.05) is 12.6 Å². The molecule has 4 heteroatoms. The quantitative estimate of drug-likeness (QED) is 0.749. The van der Waals surface area contributed by atoms with Crippen molar-refractivity contribution in [3.8, 4) is 0 Å². The normalized spacial score (nSPS) is 26.7. The maximum Gasteiger partial charge on any atom is 0.410 e. The van der Waals surface area contributed by atoms with E-state index in [-0.39, 0.29) is 18.2 Å². The lowest BCUT2D eigenvalue weighted by Gasteiger charge is -2.38. The maximum atomic E-state index is 11.9. The molecule has 0 aromatic carbocycles. The fraction of sp³-hybridized carbons (Fsp3) is 0.917. The van der Waals surface area contributed by atoms with Gasteiger partial charge in [0.05, 0.1) is 6.10 Å². The molecule has 2 unspecified atom stereocenters. The number of carbonyl (C=O) groups is 1. The Morgan fingerprint density at radius 3 is 2.62 bits per heavy atom. The van der Waals surface area contributed by atoms with Crippen LogP contribution in [0.5, 0.6) is 0 Å². The summed E-state index contributed by atoms with van der Waals surface area (Å²) in [6, 6.07) is 0.110. The van der Waals surface area contributed by atoms with Crippen LogP contribution in [0.25, 0.3) is 0 Å². The van der Waals surface area contributed by atoms with Crippen molar-refractivity contribution in [2.24, 2.45) is 0 Å². The number of aliphatic hydroxyl groups excluding tert-OH is 1. The highest BCUT2D eigenvalue weighted by Gasteiger charge is 2.32. The molecule has 1 amide bonds. The van der Waals surface area contributed by atoms with Crippen LogP contribution in [-0.4, -0.2) is 40.4 Å². The molecule has 1 fully saturated rings. The first kappa shape index (κ1) is 13.3. The van der Waals surface area contributed by atoms with E-state index in [1.807, 2.05) is 27.7 Å². The second-order valence-corrected chi connectivity index (χ2v) is 5.41. The number of hydrogen-bond donors (Lipinski definition) is 1. The van der Waals surface area contributed by atoms with E-state index in [0.717, 1.165) is 6.42 Å². The molecule has 0 aromatic rings. The average Bonchev–Trinajstić information content (AvgIpc) is 2.14. The minimum absolute atomic E-state index is 0.110. The van der Waals surface area contributed by atoms with Crippen LogP contribution in [0.3, 0.4) is 0 Å². The van der Waals surface area contributed by atoms with Gasteiger partial charge in [-0.15, -0.1) is 0 Å². The van der Waals surface area contributed by atoms with Crippen molar-refractivity contribution in [2.45, 2.75) is 64.7 Å². The van der Waals surface area contributed by atoms with Crippen molar-refractivity contribution in [3.63, 3.8) is 0 Å². The summed E-state index contributed by atoms with van der Waals surface area (Å²) in [5.41, 5.74) is -0.453. The summed E-state index contributed by atoms with van der Waals surface area (Å²) in [5, 5.41) is 9.56. The number of aliphatic hydroxyl groups is 1. The third-order valence-corrected chi connectivity index (χ3v) is 2.79. The van der Waals surface area contributed by atoms with E-state index in [2.05, 4.69) is 0 Å². The summed E-state index contributed by atoms with van der Waals surface area (Å²) in [4.78, 5) is 13.7. The largest absolute Gasteiger partial charge is 0.444 e. The van der Waals surface area contributed by atoms with E-state index in [0.29, 0.717) is 19.4 Å². The van der Waals surface area contributed by atoms with Crippen LogP contribution in [0.1, 0.15) is 47.0 Å². The molecule has 1 saturated heterocycles. The standard InChI is InChI=1S/C12H23NO3/c1-5-9-8-10(14)6-7-13(9)11(15)16-12(2,3)4/h9-10,14H,5-8H2,1-4H3. The van der Waals surface area contributed by atoms with Crippen LogP contribution in [0.2, 0.25) is 0 Å². The third-order valence-electron chi connectivity index (χ3n) is 2.79. The first-order valence-corrected chi connectivity index (χ1v) is 6.01. The molecule has 0 radical (unpaired) electrons. The predicted octanol–water partition coefficient (Wildman–Crippen LogP) is 2.16. The molecule has 4 nitrogen and oxygen atoms in total. The lowest BCUT2D eigenvalue weighted by atomic mass is 9.98. The Morgan fingerprint density at radius 2 is 2.12 bits per heavy atom. The number of rotatable bonds is 1. The molecular formula is C12H23NO3. The molecule has 1 heterocycles. The summed E-state index contributed by atoms with van der Waals surface area (Å²) in [6.07, 6.45) is 1.64. The van der Waals surface area contributed by atoms with E-state index in [1.54, 1.807) is 4.90 Å². The third kappa shape index (κ3) is 3.67. The van der Waals surface area contributed by atoms with Crippen molar-refractivity contribution in [1.82, 2.24) is 4.90 Å². The number of hydrogen-bond acceptors (Lipinski definition) is 3. The molecule has 1 aliphatic rings. The van der Waals surface area contributed by atoms with Crippen LogP contribution in [0, 0.1) is 0 Å². The lowest BCUT2D eigenvalue weighted by molar-refractivity contribution is -0.00840. The number of piperidine rings is 1. The molecule has 0 bridgehead atoms. The average molecular weight is 229 g/mol. The van der Waals surface area contributed by atoms with Crippen molar-refractivity contribution >= 4 is 6.09 Å². The summed E-state index contributed by atoms with van der Waals surface area (Å²) in [5.74, 6) is 0. The molecule has 16 heavy (non-hydrogen) atoms. The first-order chi connectivity index (χ1) is 7.33. The second kappa shape index (κ2) is 5.04. The van der Waals surface area contributed by atoms with Gasteiger partial charge >= 0.3 is 6.09 Å². The van der Waals surface area contributed by atoms with Crippen LogP contribution in [-0.2, 0) is 4.74 Å². The highest BCUT2D eigenvalue weighted by molar-refractivity contribution is 5.68. The number of nitrogens with zero attached hydrogens (tertiary/aromatic N) is 1. The minimum Gasteiger partial charge on any atom is -0.444 e. The Bertz CT molecular complexity index is 247. The lowest BCUT2D eigenvalue weighted by Crippen LogP contribution is -2.49. The zero-order chi connectivity index (χ0) is 12.3. The Balaban J connectivity index is 2.60. The van der Waals surface area contributed by atoms with Crippen molar-refractivity contribution < 1.29 is 14.6 Å². The molecule has 1 N–H and O–H groups in total. The molecule has 94 valence electrons. The molecule has 0 aromatic heterocycles. The van der Waals surface area contributed by atoms with Gasteiger partial charge in [-0.1, -0.05) is 6.92 Å². The number of likely N-dealkylation sites (tertiary alicyclic amines) is 1. The summed E-state index contributed by atoms with van der Waals surface area (Å²) in [6.45, 7) is 8.22. The van der Waals surface area contributed by atoms with Crippen LogP contribution >= 0.6 is 0 Å². The van der Waals surface area contributed by atoms with Gasteiger partial charge in [-0.3, -0.25) is 0 Å². The summed E-state index contributed by atoms with van der Waals surface area (Å²) < 4.78 is 5.35. The molecular weight excluding hydrogens is 206 g/mol. The predicted molar refractivity (Wildman–Crippen MR) is 62.3 cm³/mol. The molecule has 1 rings (SSSR count). The van der Waals surface area contributed by atoms with Crippen LogP contribution < -0.4 is 0 Å². The van der Waals surface area contributed by atoms with Crippen molar-refractivity contribution in [3.05, 3.63) is 0 Å². The van der Waals surface area contributed by atoms with Crippen molar-refractivity contribution in [2.75, 3.05) is 6.54 Å². The molecule has 0 aliphatic carbocycles. The Labute approximate surface area is 97.6 Å². The Kier molecular flexibility index (Phi) is 4.19.